The molecule has 0 unspecified atom stereocenters. The van der Waals surface area contributed by atoms with Gasteiger partial charge in [0.05, 0.1) is 5.25 Å². The number of hydrogen-bond donors (Lipinski definition) is 2. The minimum absolute atomic E-state index is 0.0856. The largest absolute Gasteiger partial charge is 0.352 e. The van der Waals surface area contributed by atoms with E-state index < -0.39 is 0 Å². The van der Waals surface area contributed by atoms with Gasteiger partial charge in [-0.2, -0.15) is 0 Å². The van der Waals surface area contributed by atoms with Gasteiger partial charge in [0.1, 0.15) is 0 Å². The lowest BCUT2D eigenvalue weighted by Crippen LogP contribution is -2.32. The van der Waals surface area contributed by atoms with Crippen molar-refractivity contribution in [1.29, 1.82) is 0 Å². The van der Waals surface area contributed by atoms with Crippen LogP contribution in [0.25, 0.3) is 0 Å². The van der Waals surface area contributed by atoms with Crippen molar-refractivity contribution in [2.45, 2.75) is 42.9 Å². The lowest BCUT2D eigenvalue weighted by atomic mass is 10.3. The van der Waals surface area contributed by atoms with Crippen LogP contribution >= 0.6 is 11.8 Å². The maximum atomic E-state index is 11.8. The second-order valence-electron chi connectivity index (χ2n) is 4.75. The van der Waals surface area contributed by atoms with E-state index in [1.54, 1.807) is 0 Å². The second-order valence-corrected chi connectivity index (χ2v) is 6.16. The van der Waals surface area contributed by atoms with Gasteiger partial charge < -0.3 is 10.6 Å². The number of amides is 2. The molecule has 1 aliphatic carbocycles. The number of rotatable bonds is 5. The summed E-state index contributed by atoms with van der Waals surface area (Å²) in [6.45, 7) is 3.39. The molecule has 19 heavy (non-hydrogen) atoms. The Morgan fingerprint density at radius 3 is 2.42 bits per heavy atom. The molecule has 0 spiro atoms. The monoisotopic (exact) mass is 278 g/mol. The molecule has 1 atom stereocenters. The third-order valence-corrected chi connectivity index (χ3v) is 3.89. The average molecular weight is 278 g/mol. The Morgan fingerprint density at radius 1 is 1.26 bits per heavy atom. The highest BCUT2D eigenvalue weighted by atomic mass is 32.2. The molecule has 1 saturated carbocycles. The average Bonchev–Trinajstić information content (AvgIpc) is 3.14. The molecule has 1 aliphatic rings. The molecule has 0 saturated heterocycles. The topological polar surface area (TPSA) is 58.2 Å². The maximum absolute atomic E-state index is 11.8. The number of carbonyl (C=O) groups excluding carboxylic acids is 2. The van der Waals surface area contributed by atoms with Crippen molar-refractivity contribution in [2.24, 2.45) is 0 Å². The highest BCUT2D eigenvalue weighted by molar-refractivity contribution is 8.00. The quantitative estimate of drug-likeness (QED) is 0.813. The third kappa shape index (κ3) is 4.59. The summed E-state index contributed by atoms with van der Waals surface area (Å²) in [5.74, 6) is 0.0102. The van der Waals surface area contributed by atoms with Crippen LogP contribution in [0.2, 0.25) is 0 Å². The SMILES string of the molecule is CC(=O)Nc1ccc(S[C@@H](C)C(=O)NC2CC2)cc1. The predicted octanol–water partition coefficient (Wildman–Crippen LogP) is 2.40. The summed E-state index contributed by atoms with van der Waals surface area (Å²) in [5, 5.41) is 5.61. The van der Waals surface area contributed by atoms with Gasteiger partial charge in [-0.15, -0.1) is 11.8 Å². The zero-order valence-corrected chi connectivity index (χ0v) is 11.9. The Morgan fingerprint density at radius 2 is 1.89 bits per heavy atom. The van der Waals surface area contributed by atoms with Gasteiger partial charge in [0.2, 0.25) is 11.8 Å². The highest BCUT2D eigenvalue weighted by Crippen LogP contribution is 2.26. The van der Waals surface area contributed by atoms with Crippen molar-refractivity contribution in [3.63, 3.8) is 0 Å². The van der Waals surface area contributed by atoms with Crippen LogP contribution in [0.4, 0.5) is 5.69 Å². The summed E-state index contributed by atoms with van der Waals surface area (Å²) in [5.41, 5.74) is 0.770. The molecule has 4 nitrogen and oxygen atoms in total. The normalized spacial score (nSPS) is 15.7. The molecule has 0 aromatic heterocycles. The summed E-state index contributed by atoms with van der Waals surface area (Å²) in [6.07, 6.45) is 2.21. The summed E-state index contributed by atoms with van der Waals surface area (Å²) in [4.78, 5) is 23.7. The fourth-order valence-electron chi connectivity index (χ4n) is 1.62. The molecular weight excluding hydrogens is 260 g/mol. The van der Waals surface area contributed by atoms with Crippen molar-refractivity contribution in [1.82, 2.24) is 5.32 Å². The van der Waals surface area contributed by atoms with Crippen LogP contribution in [-0.4, -0.2) is 23.1 Å². The smallest absolute Gasteiger partial charge is 0.233 e. The minimum Gasteiger partial charge on any atom is -0.352 e. The maximum Gasteiger partial charge on any atom is 0.233 e. The van der Waals surface area contributed by atoms with Gasteiger partial charge in [0, 0.05) is 23.5 Å². The zero-order chi connectivity index (χ0) is 13.8. The minimum atomic E-state index is -0.104. The number of carbonyl (C=O) groups is 2. The van der Waals surface area contributed by atoms with Crippen LogP contribution in [0.5, 0.6) is 0 Å². The van der Waals surface area contributed by atoms with Gasteiger partial charge in [-0.1, -0.05) is 0 Å². The number of anilines is 1. The molecule has 5 heteroatoms. The van der Waals surface area contributed by atoms with Crippen molar-refractivity contribution < 1.29 is 9.59 Å². The number of hydrogen-bond acceptors (Lipinski definition) is 3. The summed E-state index contributed by atoms with van der Waals surface area (Å²) < 4.78 is 0. The molecular formula is C14H18N2O2S. The lowest BCUT2D eigenvalue weighted by Gasteiger charge is -2.11. The van der Waals surface area contributed by atoms with Crippen molar-refractivity contribution in [3.05, 3.63) is 24.3 Å². The van der Waals surface area contributed by atoms with Crippen LogP contribution in [0.15, 0.2) is 29.2 Å². The molecule has 102 valence electrons. The van der Waals surface area contributed by atoms with E-state index >= 15 is 0 Å². The fourth-order valence-corrected chi connectivity index (χ4v) is 2.50. The van der Waals surface area contributed by atoms with E-state index in [0.29, 0.717) is 6.04 Å². The van der Waals surface area contributed by atoms with Crippen LogP contribution in [0.3, 0.4) is 0 Å². The fraction of sp³-hybridized carbons (Fsp3) is 0.429. The first-order valence-corrected chi connectivity index (χ1v) is 7.27. The summed E-state index contributed by atoms with van der Waals surface area (Å²) in [6, 6.07) is 7.91. The molecule has 1 aromatic carbocycles. The van der Waals surface area contributed by atoms with Crippen LogP contribution in [-0.2, 0) is 9.59 Å². The molecule has 0 heterocycles. The van der Waals surface area contributed by atoms with Crippen LogP contribution < -0.4 is 10.6 Å². The Balaban J connectivity index is 1.87. The molecule has 0 radical (unpaired) electrons. The lowest BCUT2D eigenvalue weighted by molar-refractivity contribution is -0.120. The van der Waals surface area contributed by atoms with Gasteiger partial charge in [0.25, 0.3) is 0 Å². The van der Waals surface area contributed by atoms with Crippen molar-refractivity contribution in [3.8, 4) is 0 Å². The molecule has 0 aliphatic heterocycles. The van der Waals surface area contributed by atoms with E-state index in [0.717, 1.165) is 23.4 Å². The van der Waals surface area contributed by atoms with E-state index in [2.05, 4.69) is 10.6 Å². The molecule has 2 N–H and O–H groups in total. The van der Waals surface area contributed by atoms with Crippen LogP contribution in [0, 0.1) is 0 Å². The van der Waals surface area contributed by atoms with Gasteiger partial charge in [-0.25, -0.2) is 0 Å². The Labute approximate surface area is 117 Å². The Hall–Kier alpha value is -1.49. The number of nitrogens with one attached hydrogen (secondary N) is 2. The van der Waals surface area contributed by atoms with Crippen LogP contribution in [0.1, 0.15) is 26.7 Å². The zero-order valence-electron chi connectivity index (χ0n) is 11.1. The van der Waals surface area contributed by atoms with E-state index in [1.165, 1.54) is 18.7 Å². The Bertz CT molecular complexity index is 469. The highest BCUT2D eigenvalue weighted by Gasteiger charge is 2.25. The molecule has 1 fully saturated rings. The first kappa shape index (κ1) is 13.9. The van der Waals surface area contributed by atoms with Gasteiger partial charge in [0.15, 0.2) is 0 Å². The molecule has 2 amide bonds. The number of thioether (sulfide) groups is 1. The summed E-state index contributed by atoms with van der Waals surface area (Å²) in [7, 11) is 0. The Kier molecular flexibility index (Phi) is 4.47. The first-order chi connectivity index (χ1) is 9.04. The van der Waals surface area contributed by atoms with Gasteiger partial charge >= 0.3 is 0 Å². The molecule has 0 bridgehead atoms. The van der Waals surface area contributed by atoms with E-state index in [-0.39, 0.29) is 17.1 Å². The molecule has 1 aromatic rings. The number of benzene rings is 1. The molecule has 2 rings (SSSR count). The third-order valence-electron chi connectivity index (χ3n) is 2.78. The first-order valence-electron chi connectivity index (χ1n) is 6.39. The van der Waals surface area contributed by atoms with E-state index in [9.17, 15) is 9.59 Å². The van der Waals surface area contributed by atoms with Gasteiger partial charge in [-0.3, -0.25) is 9.59 Å². The van der Waals surface area contributed by atoms with Crippen molar-refractivity contribution in [2.75, 3.05) is 5.32 Å². The predicted molar refractivity (Wildman–Crippen MR) is 77.2 cm³/mol. The summed E-state index contributed by atoms with van der Waals surface area (Å²) >= 11 is 1.52. The second kappa shape index (κ2) is 6.10. The standard InChI is InChI=1S/C14H18N2O2S/c1-9(14(18)16-12-3-4-12)19-13-7-5-11(6-8-13)15-10(2)17/h5-9,12H,3-4H2,1-2H3,(H,15,17)(H,16,18)/t9-/m0/s1. The van der Waals surface area contributed by atoms with E-state index in [4.69, 9.17) is 0 Å². The van der Waals surface area contributed by atoms with Crippen molar-refractivity contribution >= 4 is 29.3 Å². The van der Waals surface area contributed by atoms with E-state index in [1.807, 2.05) is 31.2 Å². The van der Waals surface area contributed by atoms with Gasteiger partial charge in [-0.05, 0) is 44.0 Å².